The molecule has 130 valence electrons. The minimum absolute atomic E-state index is 0.0210. The maximum absolute atomic E-state index is 12.8. The van der Waals surface area contributed by atoms with Crippen molar-refractivity contribution in [1.29, 1.82) is 0 Å². The van der Waals surface area contributed by atoms with Gasteiger partial charge in [0.15, 0.2) is 0 Å². The molecule has 1 heterocycles. The summed E-state index contributed by atoms with van der Waals surface area (Å²) >= 11 is 0. The van der Waals surface area contributed by atoms with E-state index in [9.17, 15) is 8.42 Å². The van der Waals surface area contributed by atoms with Gasteiger partial charge < -0.3 is 0 Å². The van der Waals surface area contributed by atoms with Crippen LogP contribution in [0.5, 0.6) is 0 Å². The van der Waals surface area contributed by atoms with Gasteiger partial charge in [-0.3, -0.25) is 9.71 Å². The van der Waals surface area contributed by atoms with Crippen molar-refractivity contribution in [2.24, 2.45) is 0 Å². The topological polar surface area (TPSA) is 59.1 Å². The molecule has 0 saturated carbocycles. The molecule has 0 saturated heterocycles. The lowest BCUT2D eigenvalue weighted by Gasteiger charge is -2.19. The van der Waals surface area contributed by atoms with Crippen LogP contribution < -0.4 is 4.72 Å². The fraction of sp³-hybridized carbons (Fsp3) is 0.250. The second-order valence-electron chi connectivity index (χ2n) is 7.21. The molecule has 2 aromatic carbocycles. The second kappa shape index (κ2) is 6.15. The fourth-order valence-electron chi connectivity index (χ4n) is 2.66. The van der Waals surface area contributed by atoms with E-state index in [1.807, 2.05) is 43.3 Å². The third-order valence-electron chi connectivity index (χ3n) is 4.13. The molecule has 0 fully saturated rings. The summed E-state index contributed by atoms with van der Waals surface area (Å²) in [5, 5.41) is 0.897. The molecule has 1 aromatic heterocycles. The van der Waals surface area contributed by atoms with Crippen LogP contribution in [0.3, 0.4) is 0 Å². The number of sulfonamides is 1. The van der Waals surface area contributed by atoms with Crippen LogP contribution in [0.15, 0.2) is 59.5 Å². The number of pyridine rings is 1. The number of nitrogens with zero attached hydrogens (tertiary/aromatic N) is 1. The largest absolute Gasteiger partial charge is 0.277 e. The predicted molar refractivity (Wildman–Crippen MR) is 102 cm³/mol. The van der Waals surface area contributed by atoms with Crippen molar-refractivity contribution in [3.63, 3.8) is 0 Å². The Hall–Kier alpha value is -2.40. The van der Waals surface area contributed by atoms with E-state index in [2.05, 4.69) is 30.5 Å². The normalized spacial score (nSPS) is 12.3. The van der Waals surface area contributed by atoms with Gasteiger partial charge >= 0.3 is 0 Å². The number of hydrogen-bond donors (Lipinski definition) is 1. The number of benzene rings is 2. The van der Waals surface area contributed by atoms with Gasteiger partial charge in [-0.05, 0) is 42.2 Å². The van der Waals surface area contributed by atoms with Gasteiger partial charge in [-0.1, -0.05) is 51.1 Å². The first-order chi connectivity index (χ1) is 11.7. The van der Waals surface area contributed by atoms with Crippen LogP contribution in [0.4, 0.5) is 5.69 Å². The SMILES string of the molecule is Cc1ccc2cccc(NS(=O)(=O)c3ccc(C(C)(C)C)cc3)c2n1. The lowest BCUT2D eigenvalue weighted by Crippen LogP contribution is -2.15. The van der Waals surface area contributed by atoms with Crippen LogP contribution in [0.1, 0.15) is 32.0 Å². The molecule has 3 aromatic rings. The molecule has 0 spiro atoms. The Morgan fingerprint density at radius 2 is 1.60 bits per heavy atom. The van der Waals surface area contributed by atoms with Crippen molar-refractivity contribution in [3.05, 3.63) is 65.9 Å². The molecular formula is C20H22N2O2S. The molecule has 0 radical (unpaired) electrons. The Bertz CT molecular complexity index is 1020. The van der Waals surface area contributed by atoms with Crippen molar-refractivity contribution in [2.45, 2.75) is 38.0 Å². The van der Waals surface area contributed by atoms with Crippen LogP contribution in [-0.2, 0) is 15.4 Å². The molecule has 0 aliphatic heterocycles. The molecule has 0 atom stereocenters. The third kappa shape index (κ3) is 3.66. The molecule has 1 N–H and O–H groups in total. The Labute approximate surface area is 149 Å². The van der Waals surface area contributed by atoms with Crippen molar-refractivity contribution in [3.8, 4) is 0 Å². The van der Waals surface area contributed by atoms with Crippen LogP contribution in [0.2, 0.25) is 0 Å². The highest BCUT2D eigenvalue weighted by molar-refractivity contribution is 7.92. The summed E-state index contributed by atoms with van der Waals surface area (Å²) in [6.45, 7) is 8.17. The Kier molecular flexibility index (Phi) is 4.29. The van der Waals surface area contributed by atoms with Crippen LogP contribution >= 0.6 is 0 Å². The van der Waals surface area contributed by atoms with Crippen molar-refractivity contribution in [2.75, 3.05) is 4.72 Å². The summed E-state index contributed by atoms with van der Waals surface area (Å²) in [6.07, 6.45) is 0. The highest BCUT2D eigenvalue weighted by atomic mass is 32.2. The van der Waals surface area contributed by atoms with Gasteiger partial charge in [-0.25, -0.2) is 8.42 Å². The predicted octanol–water partition coefficient (Wildman–Crippen LogP) is 4.64. The van der Waals surface area contributed by atoms with Crippen LogP contribution in [0, 0.1) is 6.92 Å². The number of nitrogens with one attached hydrogen (secondary N) is 1. The molecule has 0 bridgehead atoms. The summed E-state index contributed by atoms with van der Waals surface area (Å²) in [4.78, 5) is 4.71. The van der Waals surface area contributed by atoms with Crippen molar-refractivity contribution in [1.82, 2.24) is 4.98 Å². The third-order valence-corrected chi connectivity index (χ3v) is 5.52. The van der Waals surface area contributed by atoms with E-state index in [0.29, 0.717) is 11.2 Å². The molecule has 0 aliphatic rings. The van der Waals surface area contributed by atoms with Crippen LogP contribution in [0.25, 0.3) is 10.9 Å². The number of hydrogen-bond acceptors (Lipinski definition) is 3. The molecule has 5 heteroatoms. The van der Waals surface area contributed by atoms with Crippen molar-refractivity contribution >= 4 is 26.6 Å². The Balaban J connectivity index is 1.98. The van der Waals surface area contributed by atoms with Crippen LogP contribution in [-0.4, -0.2) is 13.4 Å². The van der Waals surface area contributed by atoms with Gasteiger partial charge in [0.1, 0.15) is 0 Å². The van der Waals surface area contributed by atoms with E-state index in [-0.39, 0.29) is 10.3 Å². The van der Waals surface area contributed by atoms with E-state index >= 15 is 0 Å². The molecule has 0 aliphatic carbocycles. The summed E-state index contributed by atoms with van der Waals surface area (Å²) in [7, 11) is -3.67. The van der Waals surface area contributed by atoms with Gasteiger partial charge in [0.05, 0.1) is 16.1 Å². The average molecular weight is 354 g/mol. The number of aryl methyl sites for hydroxylation is 1. The fourth-order valence-corrected chi connectivity index (χ4v) is 3.73. The quantitative estimate of drug-likeness (QED) is 0.745. The second-order valence-corrected chi connectivity index (χ2v) is 8.89. The van der Waals surface area contributed by atoms with Gasteiger partial charge in [0.2, 0.25) is 0 Å². The average Bonchev–Trinajstić information content (AvgIpc) is 2.54. The zero-order valence-electron chi connectivity index (χ0n) is 14.9. The first-order valence-electron chi connectivity index (χ1n) is 8.16. The Morgan fingerprint density at radius 1 is 0.920 bits per heavy atom. The monoisotopic (exact) mass is 354 g/mol. The Morgan fingerprint density at radius 3 is 2.24 bits per heavy atom. The van der Waals surface area contributed by atoms with Gasteiger partial charge in [-0.2, -0.15) is 0 Å². The number of rotatable bonds is 3. The summed E-state index contributed by atoms with van der Waals surface area (Å²) in [5.41, 5.74) is 3.05. The summed E-state index contributed by atoms with van der Waals surface area (Å²) in [5.74, 6) is 0. The first-order valence-corrected chi connectivity index (χ1v) is 9.65. The lowest BCUT2D eigenvalue weighted by atomic mass is 9.87. The van der Waals surface area contributed by atoms with E-state index in [4.69, 9.17) is 0 Å². The lowest BCUT2D eigenvalue weighted by molar-refractivity contribution is 0.587. The van der Waals surface area contributed by atoms with E-state index < -0.39 is 10.0 Å². The zero-order chi connectivity index (χ0) is 18.2. The highest BCUT2D eigenvalue weighted by Crippen LogP contribution is 2.26. The number of para-hydroxylation sites is 1. The maximum Gasteiger partial charge on any atom is 0.261 e. The van der Waals surface area contributed by atoms with Gasteiger partial charge in [0, 0.05) is 11.1 Å². The summed E-state index contributed by atoms with van der Waals surface area (Å²) in [6, 6.07) is 16.3. The zero-order valence-corrected chi connectivity index (χ0v) is 15.7. The minimum Gasteiger partial charge on any atom is -0.277 e. The number of anilines is 1. The van der Waals surface area contributed by atoms with E-state index in [0.717, 1.165) is 16.6 Å². The van der Waals surface area contributed by atoms with Gasteiger partial charge in [-0.15, -0.1) is 0 Å². The standard InChI is InChI=1S/C20H22N2O2S/c1-14-8-9-15-6-5-7-18(19(15)21-14)22-25(23,24)17-12-10-16(11-13-17)20(2,3)4/h5-13,22H,1-4H3. The van der Waals surface area contributed by atoms with E-state index in [1.165, 1.54) is 0 Å². The first kappa shape index (κ1) is 17.4. The minimum atomic E-state index is -3.67. The van der Waals surface area contributed by atoms with Gasteiger partial charge in [0.25, 0.3) is 10.0 Å². The molecule has 25 heavy (non-hydrogen) atoms. The molecule has 3 rings (SSSR count). The van der Waals surface area contributed by atoms with Crippen molar-refractivity contribution < 1.29 is 8.42 Å². The van der Waals surface area contributed by atoms with E-state index in [1.54, 1.807) is 18.2 Å². The molecule has 0 amide bonds. The molecule has 4 nitrogen and oxygen atoms in total. The molecular weight excluding hydrogens is 332 g/mol. The summed E-state index contributed by atoms with van der Waals surface area (Å²) < 4.78 is 28.2. The highest BCUT2D eigenvalue weighted by Gasteiger charge is 2.18. The number of aromatic nitrogens is 1. The number of fused-ring (bicyclic) bond motifs is 1. The smallest absolute Gasteiger partial charge is 0.261 e. The maximum atomic E-state index is 12.8. The molecule has 0 unspecified atom stereocenters.